The molecule has 8 nitrogen and oxygen atoms in total. The molecular weight excluding hydrogens is 420 g/mol. The van der Waals surface area contributed by atoms with Crippen LogP contribution in [-0.4, -0.2) is 47.8 Å². The Labute approximate surface area is 185 Å². The maximum atomic E-state index is 12.9. The fourth-order valence-corrected chi connectivity index (χ4v) is 3.87. The summed E-state index contributed by atoms with van der Waals surface area (Å²) in [6.45, 7) is 5.25. The van der Waals surface area contributed by atoms with Crippen LogP contribution in [0.2, 0.25) is 5.02 Å². The number of anilines is 1. The van der Waals surface area contributed by atoms with Crippen LogP contribution in [0, 0.1) is 17.0 Å². The zero-order valence-electron chi connectivity index (χ0n) is 17.5. The Morgan fingerprint density at radius 3 is 2.35 bits per heavy atom. The number of benzene rings is 2. The molecule has 1 heterocycles. The molecule has 0 bridgehead atoms. The molecule has 1 aliphatic rings. The van der Waals surface area contributed by atoms with Crippen molar-refractivity contribution in [1.82, 2.24) is 10.2 Å². The standard InChI is InChI=1S/C22H25ClN4O4/c1-15-3-5-17(6-4-15)19(24-16(2)28)14-22(29)26-11-9-25(10-12-26)20-8-7-18(23)13-21(20)27(30)31/h3-8,13,19H,9-12,14H2,1-2H3,(H,24,28). The van der Waals surface area contributed by atoms with Gasteiger partial charge in [0.05, 0.1) is 17.4 Å². The number of nitrogens with one attached hydrogen (secondary N) is 1. The van der Waals surface area contributed by atoms with Gasteiger partial charge < -0.3 is 15.1 Å². The Bertz CT molecular complexity index is 972. The molecule has 9 heteroatoms. The number of rotatable bonds is 6. The highest BCUT2D eigenvalue weighted by molar-refractivity contribution is 6.30. The van der Waals surface area contributed by atoms with Crippen LogP contribution < -0.4 is 10.2 Å². The monoisotopic (exact) mass is 444 g/mol. The Kier molecular flexibility index (Phi) is 7.12. The first-order chi connectivity index (χ1) is 14.7. The van der Waals surface area contributed by atoms with Crippen molar-refractivity contribution >= 4 is 34.8 Å². The van der Waals surface area contributed by atoms with Gasteiger partial charge in [-0.1, -0.05) is 41.4 Å². The third kappa shape index (κ3) is 5.73. The van der Waals surface area contributed by atoms with E-state index in [0.29, 0.717) is 36.9 Å². The molecule has 1 aliphatic heterocycles. The summed E-state index contributed by atoms with van der Waals surface area (Å²) < 4.78 is 0. The molecule has 164 valence electrons. The predicted molar refractivity (Wildman–Crippen MR) is 119 cm³/mol. The van der Waals surface area contributed by atoms with Gasteiger partial charge in [-0.15, -0.1) is 0 Å². The maximum Gasteiger partial charge on any atom is 0.294 e. The lowest BCUT2D eigenvalue weighted by Crippen LogP contribution is -2.49. The summed E-state index contributed by atoms with van der Waals surface area (Å²) in [5, 5.41) is 14.5. The lowest BCUT2D eigenvalue weighted by Gasteiger charge is -2.36. The lowest BCUT2D eigenvalue weighted by atomic mass is 10.0. The van der Waals surface area contributed by atoms with Gasteiger partial charge in [0, 0.05) is 44.2 Å². The van der Waals surface area contributed by atoms with Crippen LogP contribution in [0.4, 0.5) is 11.4 Å². The molecule has 2 aromatic rings. The Morgan fingerprint density at radius 1 is 1.13 bits per heavy atom. The number of hydrogen-bond acceptors (Lipinski definition) is 5. The third-order valence-corrected chi connectivity index (χ3v) is 5.58. The van der Waals surface area contributed by atoms with E-state index in [1.165, 1.54) is 13.0 Å². The van der Waals surface area contributed by atoms with Crippen molar-refractivity contribution < 1.29 is 14.5 Å². The number of piperazine rings is 1. The fraction of sp³-hybridized carbons (Fsp3) is 0.364. The van der Waals surface area contributed by atoms with Gasteiger partial charge in [-0.2, -0.15) is 0 Å². The number of halogens is 1. The SMILES string of the molecule is CC(=O)NC(CC(=O)N1CCN(c2ccc(Cl)cc2[N+](=O)[O-])CC1)c1ccc(C)cc1. The van der Waals surface area contributed by atoms with Crippen LogP contribution in [0.5, 0.6) is 0 Å². The summed E-state index contributed by atoms with van der Waals surface area (Å²) in [7, 11) is 0. The topological polar surface area (TPSA) is 95.8 Å². The first-order valence-electron chi connectivity index (χ1n) is 10.0. The number of carbonyl (C=O) groups excluding carboxylic acids is 2. The number of nitrogens with zero attached hydrogens (tertiary/aromatic N) is 3. The molecule has 1 atom stereocenters. The summed E-state index contributed by atoms with van der Waals surface area (Å²) >= 11 is 5.90. The van der Waals surface area contributed by atoms with Crippen molar-refractivity contribution in [3.05, 3.63) is 68.7 Å². The van der Waals surface area contributed by atoms with Gasteiger partial charge in [0.15, 0.2) is 0 Å². The molecule has 0 saturated carbocycles. The average molecular weight is 445 g/mol. The molecule has 1 unspecified atom stereocenters. The van der Waals surface area contributed by atoms with E-state index in [1.54, 1.807) is 17.0 Å². The highest BCUT2D eigenvalue weighted by Gasteiger charge is 2.27. The summed E-state index contributed by atoms with van der Waals surface area (Å²) in [6.07, 6.45) is 0.156. The second kappa shape index (κ2) is 9.78. The number of aryl methyl sites for hydroxylation is 1. The summed E-state index contributed by atoms with van der Waals surface area (Å²) in [5.41, 5.74) is 2.43. The van der Waals surface area contributed by atoms with Crippen molar-refractivity contribution in [1.29, 1.82) is 0 Å². The van der Waals surface area contributed by atoms with Gasteiger partial charge in [0.2, 0.25) is 11.8 Å². The van der Waals surface area contributed by atoms with E-state index in [1.807, 2.05) is 36.1 Å². The molecule has 0 spiro atoms. The normalized spacial score (nSPS) is 14.8. The van der Waals surface area contributed by atoms with Crippen LogP contribution in [0.3, 0.4) is 0 Å². The highest BCUT2D eigenvalue weighted by atomic mass is 35.5. The lowest BCUT2D eigenvalue weighted by molar-refractivity contribution is -0.384. The zero-order valence-corrected chi connectivity index (χ0v) is 18.3. The fourth-order valence-electron chi connectivity index (χ4n) is 3.71. The molecule has 3 rings (SSSR count). The van der Waals surface area contributed by atoms with Gasteiger partial charge in [0.25, 0.3) is 5.69 Å². The van der Waals surface area contributed by atoms with Crippen molar-refractivity contribution in [2.75, 3.05) is 31.1 Å². The van der Waals surface area contributed by atoms with E-state index in [0.717, 1.165) is 11.1 Å². The molecule has 0 aromatic heterocycles. The summed E-state index contributed by atoms with van der Waals surface area (Å²) in [5.74, 6) is -0.261. The summed E-state index contributed by atoms with van der Waals surface area (Å²) in [4.78, 5) is 39.1. The van der Waals surface area contributed by atoms with Gasteiger partial charge in [-0.05, 0) is 24.6 Å². The van der Waals surface area contributed by atoms with E-state index in [-0.39, 0.29) is 23.9 Å². The second-order valence-corrected chi connectivity index (χ2v) is 8.06. The van der Waals surface area contributed by atoms with E-state index in [2.05, 4.69) is 5.32 Å². The van der Waals surface area contributed by atoms with Crippen LogP contribution in [0.15, 0.2) is 42.5 Å². The van der Waals surface area contributed by atoms with E-state index >= 15 is 0 Å². The van der Waals surface area contributed by atoms with E-state index in [4.69, 9.17) is 11.6 Å². The number of hydrogen-bond donors (Lipinski definition) is 1. The smallest absolute Gasteiger partial charge is 0.294 e. The van der Waals surface area contributed by atoms with Crippen LogP contribution in [-0.2, 0) is 9.59 Å². The van der Waals surface area contributed by atoms with Crippen molar-refractivity contribution in [2.24, 2.45) is 0 Å². The van der Waals surface area contributed by atoms with Gasteiger partial charge in [-0.25, -0.2) is 0 Å². The molecule has 1 saturated heterocycles. The molecule has 0 radical (unpaired) electrons. The number of amides is 2. The molecule has 1 N–H and O–H groups in total. The zero-order chi connectivity index (χ0) is 22.5. The second-order valence-electron chi connectivity index (χ2n) is 7.63. The minimum atomic E-state index is -0.446. The van der Waals surface area contributed by atoms with Gasteiger partial charge in [-0.3, -0.25) is 19.7 Å². The van der Waals surface area contributed by atoms with Crippen LogP contribution >= 0.6 is 11.6 Å². The first-order valence-corrected chi connectivity index (χ1v) is 10.4. The number of nitro benzene ring substituents is 1. The van der Waals surface area contributed by atoms with Crippen LogP contribution in [0.1, 0.15) is 30.5 Å². The van der Waals surface area contributed by atoms with Crippen molar-refractivity contribution in [3.8, 4) is 0 Å². The molecule has 0 aliphatic carbocycles. The molecule has 31 heavy (non-hydrogen) atoms. The average Bonchev–Trinajstić information content (AvgIpc) is 2.73. The Hall–Kier alpha value is -3.13. The van der Waals surface area contributed by atoms with E-state index in [9.17, 15) is 19.7 Å². The van der Waals surface area contributed by atoms with Gasteiger partial charge >= 0.3 is 0 Å². The molecule has 2 amide bonds. The first kappa shape index (κ1) is 22.6. The summed E-state index contributed by atoms with van der Waals surface area (Å²) in [6, 6.07) is 11.9. The molecule has 2 aromatic carbocycles. The Balaban J connectivity index is 1.66. The highest BCUT2D eigenvalue weighted by Crippen LogP contribution is 2.31. The minimum Gasteiger partial charge on any atom is -0.362 e. The molecule has 1 fully saturated rings. The van der Waals surface area contributed by atoms with E-state index < -0.39 is 11.0 Å². The number of nitro groups is 1. The van der Waals surface area contributed by atoms with Gasteiger partial charge in [0.1, 0.15) is 5.69 Å². The Morgan fingerprint density at radius 2 is 1.77 bits per heavy atom. The third-order valence-electron chi connectivity index (χ3n) is 5.34. The van der Waals surface area contributed by atoms with Crippen molar-refractivity contribution in [3.63, 3.8) is 0 Å². The maximum absolute atomic E-state index is 12.9. The number of carbonyl (C=O) groups is 2. The predicted octanol–water partition coefficient (Wildman–Crippen LogP) is 3.47. The largest absolute Gasteiger partial charge is 0.362 e. The van der Waals surface area contributed by atoms with Crippen LogP contribution in [0.25, 0.3) is 0 Å². The minimum absolute atomic E-state index is 0.0441. The molecular formula is C22H25ClN4O4. The quantitative estimate of drug-likeness (QED) is 0.543. The van der Waals surface area contributed by atoms with Crippen molar-refractivity contribution in [2.45, 2.75) is 26.3 Å².